The average Bonchev–Trinajstić information content (AvgIpc) is 1.61. The van der Waals surface area contributed by atoms with E-state index in [0.29, 0.717) is 3.53 Å². The van der Waals surface area contributed by atoms with Crippen molar-refractivity contribution >= 4 is 56.2 Å². The van der Waals surface area contributed by atoms with Crippen LogP contribution in [0.15, 0.2) is 10.2 Å². The Morgan fingerprint density at radius 1 is 1.12 bits per heavy atom. The Labute approximate surface area is 70.6 Å². The van der Waals surface area contributed by atoms with Crippen molar-refractivity contribution in [2.24, 2.45) is 10.2 Å². The molecule has 0 aliphatic carbocycles. The smallest absolute Gasteiger partial charge is 0.175 e. The molecule has 0 saturated heterocycles. The lowest BCUT2D eigenvalue weighted by atomic mass is 11.6. The van der Waals surface area contributed by atoms with Gasteiger partial charge in [0.25, 0.3) is 4.87 Å². The average molecular weight is 311 g/mol. The van der Waals surface area contributed by atoms with Gasteiger partial charge in [0.2, 0.25) is 0 Å². The molecule has 0 aliphatic heterocycles. The summed E-state index contributed by atoms with van der Waals surface area (Å²) in [5.74, 6) is 0. The molecule has 46 valence electrons. The Hall–Kier alpha value is 0.710. The Morgan fingerprint density at radius 2 is 1.62 bits per heavy atom. The zero-order valence-corrected chi connectivity index (χ0v) is 8.16. The lowest BCUT2D eigenvalue weighted by Gasteiger charge is -1.75. The zero-order valence-electron chi connectivity index (χ0n) is 3.41. The van der Waals surface area contributed by atoms with Gasteiger partial charge in [-0.1, -0.05) is 0 Å². The molecule has 0 heterocycles. The highest BCUT2D eigenvalue weighted by molar-refractivity contribution is 9.39. The molecule has 0 N–H and O–H groups in total. The third-order valence-electron chi connectivity index (χ3n) is 0.201. The first kappa shape index (κ1) is 8.71. The van der Waals surface area contributed by atoms with E-state index >= 15 is 0 Å². The van der Waals surface area contributed by atoms with Crippen LogP contribution >= 0.6 is 47.8 Å². The van der Waals surface area contributed by atoms with Gasteiger partial charge in [0, 0.05) is 15.9 Å². The van der Waals surface area contributed by atoms with Gasteiger partial charge in [-0.25, -0.2) is 0 Å². The molecule has 2 nitrogen and oxygen atoms in total. The molecule has 8 heavy (non-hydrogen) atoms. The highest BCUT2D eigenvalue weighted by Gasteiger charge is 1.83. The van der Waals surface area contributed by atoms with Crippen molar-refractivity contribution in [3.63, 3.8) is 0 Å². The maximum absolute atomic E-state index is 11.6. The van der Waals surface area contributed by atoms with E-state index in [1.807, 2.05) is 0 Å². The van der Waals surface area contributed by atoms with Gasteiger partial charge in [-0.2, -0.15) is 4.39 Å². The Morgan fingerprint density at radius 3 is 1.75 bits per heavy atom. The summed E-state index contributed by atoms with van der Waals surface area (Å²) in [6.45, 7) is 0. The molecule has 0 radical (unpaired) electrons. The van der Waals surface area contributed by atoms with Gasteiger partial charge < -0.3 is 0 Å². The van der Waals surface area contributed by atoms with E-state index in [2.05, 4.69) is 58.0 Å². The van der Waals surface area contributed by atoms with Crippen LogP contribution in [0, 0.1) is 0 Å². The highest BCUT2D eigenvalue weighted by atomic mass is 79.9. The van der Waals surface area contributed by atoms with Crippen molar-refractivity contribution in [1.29, 1.82) is 0 Å². The highest BCUT2D eigenvalue weighted by Crippen LogP contribution is 2.00. The minimum Gasteiger partial charge on any atom is -0.175 e. The maximum Gasteiger partial charge on any atom is 0.275 e. The third kappa shape index (κ3) is 6.71. The van der Waals surface area contributed by atoms with E-state index in [0.717, 1.165) is 0 Å². The van der Waals surface area contributed by atoms with Crippen LogP contribution < -0.4 is 0 Å². The summed E-state index contributed by atoms with van der Waals surface area (Å²) in [6, 6.07) is 0. The predicted molar refractivity (Wildman–Crippen MR) is 42.8 cm³/mol. The summed E-state index contributed by atoms with van der Waals surface area (Å²) >= 11 is 8.19. The van der Waals surface area contributed by atoms with Gasteiger partial charge in [0.15, 0.2) is 3.53 Å². The topological polar surface area (TPSA) is 24.7 Å². The van der Waals surface area contributed by atoms with Crippen LogP contribution in [0.2, 0.25) is 0 Å². The fourth-order valence-electron chi connectivity index (χ4n) is 0.0756. The molecule has 0 aliphatic rings. The van der Waals surface area contributed by atoms with Gasteiger partial charge in [0.1, 0.15) is 0 Å². The van der Waals surface area contributed by atoms with Gasteiger partial charge >= 0.3 is 0 Å². The van der Waals surface area contributed by atoms with Gasteiger partial charge in [-0.3, -0.25) is 0 Å². The quantitative estimate of drug-likeness (QED) is 0.525. The van der Waals surface area contributed by atoms with Gasteiger partial charge in [-0.05, 0) is 31.9 Å². The van der Waals surface area contributed by atoms with Crippen LogP contribution in [-0.4, -0.2) is 8.40 Å². The van der Waals surface area contributed by atoms with Crippen molar-refractivity contribution in [2.45, 2.75) is 0 Å². The largest absolute Gasteiger partial charge is 0.275 e. The first-order chi connectivity index (χ1) is 3.63. The van der Waals surface area contributed by atoms with E-state index in [9.17, 15) is 4.39 Å². The molecular formula is C2Br3FN2. The van der Waals surface area contributed by atoms with Crippen LogP contribution in [0.1, 0.15) is 0 Å². The molecule has 0 atom stereocenters. The van der Waals surface area contributed by atoms with Crippen molar-refractivity contribution in [2.75, 3.05) is 0 Å². The van der Waals surface area contributed by atoms with Gasteiger partial charge in [0.05, 0.1) is 0 Å². The number of nitrogens with zero attached hydrogens (tertiary/aromatic N) is 2. The second-order valence-corrected chi connectivity index (χ2v) is 3.90. The molecule has 0 amide bonds. The summed E-state index contributed by atoms with van der Waals surface area (Å²) in [4.78, 5) is -0.756. The number of hydrogen-bond donors (Lipinski definition) is 0. The fourth-order valence-corrected chi connectivity index (χ4v) is 0.313. The van der Waals surface area contributed by atoms with Crippen LogP contribution in [0.5, 0.6) is 0 Å². The number of hydrogen-bond acceptors (Lipinski definition) is 2. The summed E-state index contributed by atoms with van der Waals surface area (Å²) in [7, 11) is 0. The van der Waals surface area contributed by atoms with Crippen molar-refractivity contribution in [3.05, 3.63) is 0 Å². The number of halogens is 4. The molecule has 6 heteroatoms. The molecule has 0 rings (SSSR count). The lowest BCUT2D eigenvalue weighted by Crippen LogP contribution is -1.69. The first-order valence-corrected chi connectivity index (χ1v) is 3.78. The van der Waals surface area contributed by atoms with E-state index in [-0.39, 0.29) is 0 Å². The first-order valence-electron chi connectivity index (χ1n) is 1.40. The predicted octanol–water partition coefficient (Wildman–Crippen LogP) is 2.77. The lowest BCUT2D eigenvalue weighted by molar-refractivity contribution is 0.824. The Bertz CT molecular complexity index is 107. The van der Waals surface area contributed by atoms with E-state index in [4.69, 9.17) is 0 Å². The minimum absolute atomic E-state index is 0.347. The summed E-state index contributed by atoms with van der Waals surface area (Å²) in [6.07, 6.45) is 0. The van der Waals surface area contributed by atoms with Crippen LogP contribution in [0.3, 0.4) is 0 Å². The molecular weight excluding hydrogens is 311 g/mol. The molecule has 0 aromatic rings. The second kappa shape index (κ2) is 4.58. The van der Waals surface area contributed by atoms with Crippen molar-refractivity contribution in [1.82, 2.24) is 0 Å². The molecule has 0 spiro atoms. The molecule has 0 fully saturated rings. The Balaban J connectivity index is 3.76. The summed E-state index contributed by atoms with van der Waals surface area (Å²) in [5, 5.41) is 6.23. The normalized spacial score (nSPS) is 11.2. The van der Waals surface area contributed by atoms with Crippen LogP contribution in [0.25, 0.3) is 0 Å². The standard InChI is InChI=1S/C2Br3FN2/c3-1(4)7-8-2(5)6. The molecule has 0 saturated carbocycles. The molecule has 0 bridgehead atoms. The molecule has 0 aromatic heterocycles. The van der Waals surface area contributed by atoms with Crippen LogP contribution in [-0.2, 0) is 0 Å². The van der Waals surface area contributed by atoms with Crippen molar-refractivity contribution in [3.8, 4) is 0 Å². The fraction of sp³-hybridized carbons (Fsp3) is 0. The van der Waals surface area contributed by atoms with Crippen LogP contribution in [0.4, 0.5) is 4.39 Å². The van der Waals surface area contributed by atoms with E-state index in [1.165, 1.54) is 0 Å². The molecule has 0 aromatic carbocycles. The summed E-state index contributed by atoms with van der Waals surface area (Å²) in [5.41, 5.74) is 0. The van der Waals surface area contributed by atoms with E-state index in [1.54, 1.807) is 0 Å². The second-order valence-electron chi connectivity index (χ2n) is 0.681. The zero-order chi connectivity index (χ0) is 6.57. The SMILES string of the molecule is FC(Br)=NN=C(Br)Br. The molecule has 0 unspecified atom stereocenters. The minimum atomic E-state index is -0.756. The monoisotopic (exact) mass is 308 g/mol. The van der Waals surface area contributed by atoms with E-state index < -0.39 is 4.87 Å². The van der Waals surface area contributed by atoms with Crippen molar-refractivity contribution < 1.29 is 4.39 Å². The Kier molecular flexibility index (Phi) is 4.98. The summed E-state index contributed by atoms with van der Waals surface area (Å²) < 4.78 is 11.9. The number of rotatable bonds is 1. The maximum atomic E-state index is 11.6. The van der Waals surface area contributed by atoms with Gasteiger partial charge in [-0.15, -0.1) is 10.2 Å². The third-order valence-corrected chi connectivity index (χ3v) is 0.677.